The third-order valence-electron chi connectivity index (χ3n) is 5.59. The number of benzene rings is 1. The van der Waals surface area contributed by atoms with Crippen molar-refractivity contribution in [2.24, 2.45) is 14.1 Å². The summed E-state index contributed by atoms with van der Waals surface area (Å²) in [5.74, 6) is 0.652. The average Bonchev–Trinajstić information content (AvgIpc) is 3.48. The van der Waals surface area contributed by atoms with E-state index in [-0.39, 0.29) is 28.3 Å². The van der Waals surface area contributed by atoms with E-state index in [9.17, 15) is 14.4 Å². The Morgan fingerprint density at radius 1 is 1.16 bits per heavy atom. The summed E-state index contributed by atoms with van der Waals surface area (Å²) in [6.07, 6.45) is 2.19. The number of hydrogen-bond acceptors (Lipinski definition) is 5. The summed E-state index contributed by atoms with van der Waals surface area (Å²) >= 11 is 3.31. The highest BCUT2D eigenvalue weighted by Crippen LogP contribution is 2.40. The van der Waals surface area contributed by atoms with Crippen molar-refractivity contribution in [1.29, 1.82) is 0 Å². The van der Waals surface area contributed by atoms with Crippen LogP contribution in [0.1, 0.15) is 24.5 Å². The molecule has 5 rings (SSSR count). The molecule has 0 unspecified atom stereocenters. The van der Waals surface area contributed by atoms with Gasteiger partial charge in [-0.2, -0.15) is 5.10 Å². The predicted octanol–water partition coefficient (Wildman–Crippen LogP) is 1.90. The third kappa shape index (κ3) is 3.38. The van der Waals surface area contributed by atoms with Crippen molar-refractivity contribution >= 4 is 38.8 Å². The van der Waals surface area contributed by atoms with E-state index in [1.807, 2.05) is 36.4 Å². The molecule has 1 aliphatic carbocycles. The monoisotopic (exact) mass is 497 g/mol. The fourth-order valence-corrected chi connectivity index (χ4v) is 4.23. The van der Waals surface area contributed by atoms with Crippen LogP contribution in [0.5, 0.6) is 0 Å². The molecule has 0 saturated heterocycles. The molecule has 0 spiro atoms. The van der Waals surface area contributed by atoms with Gasteiger partial charge in [0, 0.05) is 26.1 Å². The molecule has 0 bridgehead atoms. The van der Waals surface area contributed by atoms with Crippen LogP contribution in [-0.4, -0.2) is 34.4 Å². The number of carbonyl (C=O) groups excluding carboxylic acids is 1. The van der Waals surface area contributed by atoms with E-state index >= 15 is 0 Å². The fourth-order valence-electron chi connectivity index (χ4n) is 3.76. The van der Waals surface area contributed by atoms with E-state index in [0.717, 1.165) is 28.8 Å². The van der Waals surface area contributed by atoms with E-state index < -0.39 is 11.2 Å². The molecular weight excluding hydrogens is 478 g/mol. The van der Waals surface area contributed by atoms with E-state index in [4.69, 9.17) is 5.10 Å². The molecule has 1 fully saturated rings. The molecule has 1 aromatic carbocycles. The summed E-state index contributed by atoms with van der Waals surface area (Å²) < 4.78 is 5.80. The van der Waals surface area contributed by atoms with Crippen LogP contribution in [0, 0.1) is 0 Å². The van der Waals surface area contributed by atoms with Gasteiger partial charge in [-0.3, -0.25) is 23.3 Å². The van der Waals surface area contributed by atoms with Crippen molar-refractivity contribution in [3.63, 3.8) is 0 Å². The van der Waals surface area contributed by atoms with Crippen LogP contribution in [0.25, 0.3) is 16.9 Å². The largest absolute Gasteiger partial charge is 0.332 e. The van der Waals surface area contributed by atoms with Crippen LogP contribution in [0.2, 0.25) is 0 Å². The van der Waals surface area contributed by atoms with Gasteiger partial charge in [-0.25, -0.2) is 14.5 Å². The Hall–Kier alpha value is -3.47. The first-order valence-electron chi connectivity index (χ1n) is 10.1. The Kier molecular flexibility index (Phi) is 4.85. The molecule has 32 heavy (non-hydrogen) atoms. The highest BCUT2D eigenvalue weighted by molar-refractivity contribution is 9.10. The summed E-state index contributed by atoms with van der Waals surface area (Å²) in [4.78, 5) is 42.1. The molecule has 1 N–H and O–H groups in total. The van der Waals surface area contributed by atoms with Gasteiger partial charge >= 0.3 is 5.69 Å². The number of para-hydroxylation sites is 1. The van der Waals surface area contributed by atoms with Crippen molar-refractivity contribution in [3.8, 4) is 5.69 Å². The number of nitrogens with zero attached hydrogens (tertiary/aromatic N) is 6. The topological polar surface area (TPSA) is 109 Å². The van der Waals surface area contributed by atoms with Crippen LogP contribution < -0.4 is 16.6 Å². The van der Waals surface area contributed by atoms with Crippen LogP contribution in [-0.2, 0) is 25.4 Å². The van der Waals surface area contributed by atoms with Gasteiger partial charge in [-0.05, 0) is 40.9 Å². The number of anilines is 1. The first kappa shape index (κ1) is 20.4. The molecule has 4 aromatic rings. The van der Waals surface area contributed by atoms with Crippen LogP contribution >= 0.6 is 15.9 Å². The summed E-state index contributed by atoms with van der Waals surface area (Å²) in [6, 6.07) is 11.5. The quantitative estimate of drug-likeness (QED) is 0.423. The number of nitrogens with one attached hydrogen (secondary N) is 1. The van der Waals surface area contributed by atoms with E-state index in [0.29, 0.717) is 11.7 Å². The SMILES string of the molecule is Cn1c(=O)c2nc(Br)n(CC(=O)Nc3cc(C4CC4)nn3-c3ccccc3)c2n(C)c1=O. The summed E-state index contributed by atoms with van der Waals surface area (Å²) in [5, 5.41) is 7.61. The van der Waals surface area contributed by atoms with Gasteiger partial charge < -0.3 is 5.32 Å². The number of fused-ring (bicyclic) bond motifs is 1. The van der Waals surface area contributed by atoms with Gasteiger partial charge in [-0.1, -0.05) is 18.2 Å². The second kappa shape index (κ2) is 7.59. The number of aryl methyl sites for hydroxylation is 1. The normalized spacial score (nSPS) is 13.6. The van der Waals surface area contributed by atoms with E-state index in [2.05, 4.69) is 26.2 Å². The summed E-state index contributed by atoms with van der Waals surface area (Å²) in [5.41, 5.74) is 1.17. The number of carbonyl (C=O) groups is 1. The van der Waals surface area contributed by atoms with Crippen molar-refractivity contribution in [3.05, 3.63) is 67.7 Å². The van der Waals surface area contributed by atoms with Crippen molar-refractivity contribution in [1.82, 2.24) is 28.5 Å². The van der Waals surface area contributed by atoms with Crippen LogP contribution in [0.15, 0.2) is 50.7 Å². The molecule has 1 amide bonds. The Labute approximate surface area is 190 Å². The van der Waals surface area contributed by atoms with Gasteiger partial charge in [0.05, 0.1) is 11.4 Å². The Bertz CT molecular complexity index is 1480. The van der Waals surface area contributed by atoms with E-state index in [1.54, 1.807) is 11.7 Å². The maximum absolute atomic E-state index is 13.0. The Morgan fingerprint density at radius 3 is 2.56 bits per heavy atom. The van der Waals surface area contributed by atoms with Gasteiger partial charge in [0.1, 0.15) is 12.4 Å². The van der Waals surface area contributed by atoms with Gasteiger partial charge in [0.15, 0.2) is 15.9 Å². The number of rotatable bonds is 5. The molecule has 1 saturated carbocycles. The standard InChI is InChI=1S/C21H20BrN7O3/c1-26-18-17(19(31)27(2)21(26)32)24-20(22)28(18)11-16(30)23-15-10-14(12-8-9-12)25-29(15)13-6-4-3-5-7-13/h3-7,10,12H,8-9,11H2,1-2H3,(H,23,30). The molecule has 0 atom stereocenters. The molecule has 0 aliphatic heterocycles. The van der Waals surface area contributed by atoms with E-state index in [1.165, 1.54) is 16.2 Å². The number of imidazole rings is 1. The van der Waals surface area contributed by atoms with Crippen molar-refractivity contribution < 1.29 is 4.79 Å². The minimum Gasteiger partial charge on any atom is -0.309 e. The smallest absolute Gasteiger partial charge is 0.309 e. The summed E-state index contributed by atoms with van der Waals surface area (Å²) in [6.45, 7) is -0.143. The number of hydrogen-bond donors (Lipinski definition) is 1. The van der Waals surface area contributed by atoms with Crippen molar-refractivity contribution in [2.75, 3.05) is 5.32 Å². The first-order chi connectivity index (χ1) is 15.3. The highest BCUT2D eigenvalue weighted by atomic mass is 79.9. The second-order valence-electron chi connectivity index (χ2n) is 7.87. The lowest BCUT2D eigenvalue weighted by Crippen LogP contribution is -2.37. The molecule has 10 nitrogen and oxygen atoms in total. The number of amides is 1. The lowest BCUT2D eigenvalue weighted by molar-refractivity contribution is -0.116. The number of halogens is 1. The molecule has 1 aliphatic rings. The molecule has 3 aromatic heterocycles. The van der Waals surface area contributed by atoms with Crippen LogP contribution in [0.4, 0.5) is 5.82 Å². The van der Waals surface area contributed by atoms with Gasteiger partial charge in [0.25, 0.3) is 5.56 Å². The van der Waals surface area contributed by atoms with Gasteiger partial charge in [-0.15, -0.1) is 0 Å². The molecule has 11 heteroatoms. The molecular formula is C21H20BrN7O3. The van der Waals surface area contributed by atoms with Crippen LogP contribution in [0.3, 0.4) is 0 Å². The Morgan fingerprint density at radius 2 is 1.88 bits per heavy atom. The predicted molar refractivity (Wildman–Crippen MR) is 122 cm³/mol. The zero-order valence-corrected chi connectivity index (χ0v) is 19.0. The molecule has 164 valence electrons. The maximum atomic E-state index is 13.0. The van der Waals surface area contributed by atoms with Crippen molar-refractivity contribution in [2.45, 2.75) is 25.3 Å². The minimum atomic E-state index is -0.515. The average molecular weight is 498 g/mol. The molecule has 3 heterocycles. The zero-order valence-electron chi connectivity index (χ0n) is 17.4. The second-order valence-corrected chi connectivity index (χ2v) is 8.58. The molecule has 0 radical (unpaired) electrons. The number of aromatic nitrogens is 6. The summed E-state index contributed by atoms with van der Waals surface area (Å²) in [7, 11) is 2.94. The Balaban J connectivity index is 1.50. The maximum Gasteiger partial charge on any atom is 0.332 e. The minimum absolute atomic E-state index is 0.111. The fraction of sp³-hybridized carbons (Fsp3) is 0.286. The van der Waals surface area contributed by atoms with Gasteiger partial charge in [0.2, 0.25) is 5.91 Å². The first-order valence-corrected chi connectivity index (χ1v) is 10.9. The lowest BCUT2D eigenvalue weighted by atomic mass is 10.3. The third-order valence-corrected chi connectivity index (χ3v) is 6.19. The zero-order chi connectivity index (χ0) is 22.6. The highest BCUT2D eigenvalue weighted by Gasteiger charge is 2.28. The lowest BCUT2D eigenvalue weighted by Gasteiger charge is -2.11.